The van der Waals surface area contributed by atoms with Crippen molar-refractivity contribution in [1.29, 1.82) is 0 Å². The number of carbonyl (C=O) groups is 2. The number of aromatic nitrogens is 2. The Morgan fingerprint density at radius 2 is 1.21 bits per heavy atom. The van der Waals surface area contributed by atoms with E-state index in [1.165, 1.54) is 16.9 Å². The number of nitrogens with zero attached hydrogens (tertiary/aromatic N) is 2. The summed E-state index contributed by atoms with van der Waals surface area (Å²) in [4.78, 5) is 23.0. The summed E-state index contributed by atoms with van der Waals surface area (Å²) in [5.41, 5.74) is 2.94. The molecule has 0 bridgehead atoms. The van der Waals surface area contributed by atoms with Crippen LogP contribution in [0.25, 0.3) is 22.5 Å². The summed E-state index contributed by atoms with van der Waals surface area (Å²) in [7, 11) is 0. The fourth-order valence-electron chi connectivity index (χ4n) is 2.73. The lowest BCUT2D eigenvalue weighted by Crippen LogP contribution is -2.23. The first-order valence-electron chi connectivity index (χ1n) is 9.92. The third-order valence-electron chi connectivity index (χ3n) is 4.22. The maximum absolute atomic E-state index is 12.1. The summed E-state index contributed by atoms with van der Waals surface area (Å²) in [5, 5.41) is 13.4. The summed E-state index contributed by atoms with van der Waals surface area (Å²) in [6.45, 7) is 5.52. The van der Waals surface area contributed by atoms with E-state index in [2.05, 4.69) is 8.75 Å². The number of hydrogen-bond acceptors (Lipinski definition) is 7. The molecule has 0 fully saturated rings. The number of rotatable bonds is 4. The Morgan fingerprint density at radius 1 is 0.794 bits per heavy atom. The predicted molar refractivity (Wildman–Crippen MR) is 137 cm³/mol. The summed E-state index contributed by atoms with van der Waals surface area (Å²) >= 11 is 14.0. The zero-order valence-corrected chi connectivity index (χ0v) is 21.6. The molecule has 0 aliphatic carbocycles. The van der Waals surface area contributed by atoms with E-state index >= 15 is 0 Å². The maximum atomic E-state index is 12.1. The number of benzene rings is 2. The van der Waals surface area contributed by atoms with Gasteiger partial charge in [-0.1, -0.05) is 47.5 Å². The van der Waals surface area contributed by atoms with Gasteiger partial charge in [-0.2, -0.15) is 8.75 Å². The summed E-state index contributed by atoms with van der Waals surface area (Å²) in [5.74, 6) is -1.32. The molecule has 0 saturated carbocycles. The number of hydrogen-bond donors (Lipinski definition) is 1. The molecule has 0 amide bonds. The number of halogens is 2. The van der Waals surface area contributed by atoms with Crippen molar-refractivity contribution in [2.45, 2.75) is 26.4 Å². The van der Waals surface area contributed by atoms with Crippen molar-refractivity contribution in [2.24, 2.45) is 0 Å². The van der Waals surface area contributed by atoms with Gasteiger partial charge in [-0.15, -0.1) is 0 Å². The number of carbonyl (C=O) groups excluding carboxylic acids is 1. The van der Waals surface area contributed by atoms with E-state index in [1.54, 1.807) is 41.8 Å². The highest BCUT2D eigenvalue weighted by Crippen LogP contribution is 2.27. The number of ether oxygens (including phenoxy) is 1. The topological polar surface area (TPSA) is 89.4 Å². The van der Waals surface area contributed by atoms with Crippen LogP contribution >= 0.6 is 46.3 Å². The van der Waals surface area contributed by atoms with Gasteiger partial charge < -0.3 is 9.84 Å². The number of carboxylic acids is 1. The minimum atomic E-state index is -0.964. The molecule has 0 unspecified atom stereocenters. The van der Waals surface area contributed by atoms with Gasteiger partial charge in [0.15, 0.2) is 0 Å². The fourth-order valence-corrected chi connectivity index (χ4v) is 4.34. The van der Waals surface area contributed by atoms with Gasteiger partial charge in [-0.3, -0.25) is 0 Å². The molecule has 176 valence electrons. The van der Waals surface area contributed by atoms with Crippen LogP contribution in [0, 0.1) is 0 Å². The molecule has 2 heterocycles. The molecule has 0 aliphatic rings. The Labute approximate surface area is 215 Å². The number of carboxylic acid groups (broad SMARTS) is 1. The van der Waals surface area contributed by atoms with Gasteiger partial charge >= 0.3 is 11.9 Å². The van der Waals surface area contributed by atoms with E-state index in [9.17, 15) is 9.59 Å². The van der Waals surface area contributed by atoms with E-state index in [-0.39, 0.29) is 11.5 Å². The Kier molecular flexibility index (Phi) is 8.43. The third kappa shape index (κ3) is 6.87. The van der Waals surface area contributed by atoms with Crippen molar-refractivity contribution < 1.29 is 19.4 Å². The molecule has 2 aromatic carbocycles. The van der Waals surface area contributed by atoms with Crippen LogP contribution in [0.15, 0.2) is 59.3 Å². The zero-order valence-electron chi connectivity index (χ0n) is 18.4. The first-order chi connectivity index (χ1) is 16.0. The van der Waals surface area contributed by atoms with Crippen LogP contribution < -0.4 is 0 Å². The molecule has 34 heavy (non-hydrogen) atoms. The normalized spacial score (nSPS) is 10.9. The molecular weight excluding hydrogens is 515 g/mol. The van der Waals surface area contributed by atoms with E-state index in [4.69, 9.17) is 33.0 Å². The number of esters is 1. The number of aromatic carboxylic acids is 1. The Balaban J connectivity index is 0.000000196. The first kappa shape index (κ1) is 25.8. The fraction of sp³-hybridized carbons (Fsp3) is 0.167. The smallest absolute Gasteiger partial charge is 0.341 e. The van der Waals surface area contributed by atoms with Crippen LogP contribution in [0.1, 0.15) is 41.5 Å². The largest absolute Gasteiger partial charge is 0.478 e. The van der Waals surface area contributed by atoms with Gasteiger partial charge in [0.1, 0.15) is 5.60 Å². The molecule has 2 aromatic heterocycles. The van der Waals surface area contributed by atoms with Gasteiger partial charge in [-0.25, -0.2) is 9.59 Å². The Bertz CT molecular complexity index is 1280. The lowest BCUT2D eigenvalue weighted by molar-refractivity contribution is 0.00706. The van der Waals surface area contributed by atoms with Crippen LogP contribution in [0.5, 0.6) is 0 Å². The minimum absolute atomic E-state index is 0.224. The van der Waals surface area contributed by atoms with Crippen LogP contribution in [0.2, 0.25) is 10.0 Å². The van der Waals surface area contributed by atoms with Crippen molar-refractivity contribution >= 4 is 58.2 Å². The monoisotopic (exact) mass is 534 g/mol. The summed E-state index contributed by atoms with van der Waals surface area (Å²) in [6.07, 6.45) is 0. The lowest BCUT2D eigenvalue weighted by Gasteiger charge is -2.19. The molecule has 0 spiro atoms. The quantitative estimate of drug-likeness (QED) is 0.271. The van der Waals surface area contributed by atoms with Crippen LogP contribution in [-0.2, 0) is 4.74 Å². The molecule has 0 atom stereocenters. The third-order valence-corrected chi connectivity index (χ3v) is 5.99. The van der Waals surface area contributed by atoms with E-state index < -0.39 is 11.6 Å². The Hall–Kier alpha value is -2.78. The van der Waals surface area contributed by atoms with E-state index in [0.717, 1.165) is 22.7 Å². The second kappa shape index (κ2) is 11.1. The van der Waals surface area contributed by atoms with Crippen molar-refractivity contribution in [3.05, 3.63) is 80.5 Å². The average Bonchev–Trinajstić information content (AvgIpc) is 3.44. The summed E-state index contributed by atoms with van der Waals surface area (Å²) < 4.78 is 13.7. The minimum Gasteiger partial charge on any atom is -0.478 e. The first-order valence-corrected chi connectivity index (χ1v) is 12.4. The standard InChI is InChI=1S/C14H14ClNO2S.C10H6ClNO2S/c1-14(2,3)18-13(17)11-8-19-16-12(11)9-4-6-10(15)7-5-9;11-7-3-1-6(2-4-7)9-8(10(13)14)5-15-12-9/h4-8H,1-3H3;1-5H,(H,13,14). The molecule has 0 aliphatic heterocycles. The molecule has 10 heteroatoms. The average molecular weight is 535 g/mol. The molecule has 6 nitrogen and oxygen atoms in total. The lowest BCUT2D eigenvalue weighted by atomic mass is 10.1. The predicted octanol–water partition coefficient (Wildman–Crippen LogP) is 7.58. The van der Waals surface area contributed by atoms with Crippen LogP contribution in [0.3, 0.4) is 0 Å². The van der Waals surface area contributed by atoms with E-state index in [1.807, 2.05) is 32.9 Å². The van der Waals surface area contributed by atoms with Crippen molar-refractivity contribution in [3.8, 4) is 22.5 Å². The molecular formula is C24H20Cl2N2O4S2. The molecule has 0 saturated heterocycles. The van der Waals surface area contributed by atoms with Gasteiger partial charge in [0.25, 0.3) is 0 Å². The molecule has 0 radical (unpaired) electrons. The van der Waals surface area contributed by atoms with E-state index in [0.29, 0.717) is 27.0 Å². The highest BCUT2D eigenvalue weighted by Gasteiger charge is 2.22. The second-order valence-corrected chi connectivity index (χ2v) is 10.1. The van der Waals surface area contributed by atoms with Gasteiger partial charge in [0, 0.05) is 31.9 Å². The molecule has 4 rings (SSSR count). The van der Waals surface area contributed by atoms with Gasteiger partial charge in [0.2, 0.25) is 0 Å². The van der Waals surface area contributed by atoms with Crippen molar-refractivity contribution in [1.82, 2.24) is 8.75 Å². The van der Waals surface area contributed by atoms with Crippen LogP contribution in [-0.4, -0.2) is 31.4 Å². The molecule has 1 N–H and O–H groups in total. The van der Waals surface area contributed by atoms with Crippen molar-refractivity contribution in [2.75, 3.05) is 0 Å². The van der Waals surface area contributed by atoms with Crippen molar-refractivity contribution in [3.63, 3.8) is 0 Å². The SMILES string of the molecule is CC(C)(C)OC(=O)c1csnc1-c1ccc(Cl)cc1.O=C(O)c1csnc1-c1ccc(Cl)cc1. The second-order valence-electron chi connectivity index (χ2n) is 7.97. The highest BCUT2D eigenvalue weighted by atomic mass is 35.5. The highest BCUT2D eigenvalue weighted by molar-refractivity contribution is 7.04. The van der Waals surface area contributed by atoms with Gasteiger partial charge in [0.05, 0.1) is 22.5 Å². The molecule has 4 aromatic rings. The summed E-state index contributed by atoms with van der Waals surface area (Å²) in [6, 6.07) is 14.2. The zero-order chi connectivity index (χ0) is 24.9. The van der Waals surface area contributed by atoms with Crippen LogP contribution in [0.4, 0.5) is 0 Å². The maximum Gasteiger partial charge on any atom is 0.341 e. The Morgan fingerprint density at radius 3 is 1.62 bits per heavy atom. The van der Waals surface area contributed by atoms with Gasteiger partial charge in [-0.05, 0) is 68.1 Å².